The summed E-state index contributed by atoms with van der Waals surface area (Å²) in [6.07, 6.45) is 3.75. The first-order chi connectivity index (χ1) is 18.4. The van der Waals surface area contributed by atoms with Crippen molar-refractivity contribution in [3.63, 3.8) is 0 Å². The number of hydrogen-bond acceptors (Lipinski definition) is 8. The van der Waals surface area contributed by atoms with Crippen molar-refractivity contribution in [1.29, 1.82) is 0 Å². The van der Waals surface area contributed by atoms with Gasteiger partial charge in [0.1, 0.15) is 6.04 Å². The smallest absolute Gasteiger partial charge is 0.270 e. The summed E-state index contributed by atoms with van der Waals surface area (Å²) < 4.78 is 10.8. The van der Waals surface area contributed by atoms with E-state index in [0.717, 1.165) is 16.2 Å². The van der Waals surface area contributed by atoms with Crippen molar-refractivity contribution in [2.75, 3.05) is 16.6 Å². The number of nitrogens with zero attached hydrogens (tertiary/aromatic N) is 3. The lowest BCUT2D eigenvalue weighted by molar-refractivity contribution is -0.384. The minimum Gasteiger partial charge on any atom is -0.454 e. The summed E-state index contributed by atoms with van der Waals surface area (Å²) in [7, 11) is 0. The van der Waals surface area contributed by atoms with Gasteiger partial charge in [-0.05, 0) is 23.8 Å². The Labute approximate surface area is 215 Å². The number of anilines is 2. The summed E-state index contributed by atoms with van der Waals surface area (Å²) in [5, 5.41) is 11.4. The van der Waals surface area contributed by atoms with Crippen molar-refractivity contribution < 1.29 is 28.8 Å². The van der Waals surface area contributed by atoms with Gasteiger partial charge in [-0.2, -0.15) is 0 Å². The number of carbonyl (C=O) groups is 3. The third kappa shape index (κ3) is 3.03. The molecule has 4 unspecified atom stereocenters. The largest absolute Gasteiger partial charge is 0.454 e. The Morgan fingerprint density at radius 2 is 1.71 bits per heavy atom. The van der Waals surface area contributed by atoms with Crippen molar-refractivity contribution in [1.82, 2.24) is 0 Å². The number of nitro groups is 1. The van der Waals surface area contributed by atoms with Crippen molar-refractivity contribution in [3.8, 4) is 11.5 Å². The number of non-ortho nitro benzene ring substituents is 1. The van der Waals surface area contributed by atoms with Crippen LogP contribution in [0.15, 0.2) is 72.8 Å². The number of fused-ring (bicyclic) bond motifs is 6. The maximum Gasteiger partial charge on any atom is 0.270 e. The van der Waals surface area contributed by atoms with Crippen LogP contribution in [0.5, 0.6) is 11.5 Å². The Morgan fingerprint density at radius 3 is 2.55 bits per heavy atom. The predicted octanol–water partition coefficient (Wildman–Crippen LogP) is 3.60. The summed E-state index contributed by atoms with van der Waals surface area (Å²) in [5.74, 6) is -2.21. The lowest BCUT2D eigenvalue weighted by Gasteiger charge is -2.36. The van der Waals surface area contributed by atoms with Gasteiger partial charge in [-0.1, -0.05) is 42.5 Å². The fourth-order valence-electron chi connectivity index (χ4n) is 6.04. The zero-order chi connectivity index (χ0) is 26.1. The highest BCUT2D eigenvalue weighted by molar-refractivity contribution is 6.25. The van der Waals surface area contributed by atoms with Crippen LogP contribution in [-0.4, -0.2) is 41.4 Å². The molecule has 4 heterocycles. The molecule has 10 heteroatoms. The van der Waals surface area contributed by atoms with Gasteiger partial charge in [0.2, 0.25) is 18.6 Å². The molecule has 4 aliphatic rings. The lowest BCUT2D eigenvalue weighted by atomic mass is 9.86. The van der Waals surface area contributed by atoms with Gasteiger partial charge in [0.15, 0.2) is 17.3 Å². The van der Waals surface area contributed by atoms with Gasteiger partial charge in [0.05, 0.1) is 28.5 Å². The number of carbonyl (C=O) groups excluding carboxylic acids is 3. The van der Waals surface area contributed by atoms with E-state index in [1.54, 1.807) is 18.2 Å². The second-order valence-corrected chi connectivity index (χ2v) is 9.53. The number of ether oxygens (including phenoxy) is 2. The highest BCUT2D eigenvalue weighted by Gasteiger charge is 2.64. The van der Waals surface area contributed by atoms with Crippen LogP contribution in [0, 0.1) is 22.0 Å². The minimum absolute atomic E-state index is 0.0486. The molecule has 0 aliphatic carbocycles. The Morgan fingerprint density at radius 1 is 0.921 bits per heavy atom. The molecule has 0 N–H and O–H groups in total. The highest BCUT2D eigenvalue weighted by atomic mass is 16.7. The Balaban J connectivity index is 1.35. The molecule has 0 bridgehead atoms. The molecular formula is C28H19N3O7. The van der Waals surface area contributed by atoms with Crippen molar-refractivity contribution in [2.24, 2.45) is 11.8 Å². The van der Waals surface area contributed by atoms with E-state index in [4.69, 9.17) is 9.47 Å². The second kappa shape index (κ2) is 8.01. The number of ketones is 1. The lowest BCUT2D eigenvalue weighted by Crippen LogP contribution is -2.48. The van der Waals surface area contributed by atoms with Gasteiger partial charge in [-0.25, -0.2) is 4.90 Å². The topological polar surface area (TPSA) is 119 Å². The van der Waals surface area contributed by atoms with Crippen LogP contribution >= 0.6 is 0 Å². The first-order valence-corrected chi connectivity index (χ1v) is 12.1. The van der Waals surface area contributed by atoms with Gasteiger partial charge in [-0.3, -0.25) is 24.5 Å². The van der Waals surface area contributed by atoms with E-state index in [1.807, 2.05) is 41.3 Å². The van der Waals surface area contributed by atoms with Crippen LogP contribution in [0.2, 0.25) is 0 Å². The summed E-state index contributed by atoms with van der Waals surface area (Å²) in [6.45, 7) is 0.0486. The van der Waals surface area contributed by atoms with Crippen molar-refractivity contribution >= 4 is 40.7 Å². The Bertz CT molecular complexity index is 1600. The molecule has 2 saturated heterocycles. The SMILES string of the molecule is O=C(c1cccc([N+](=O)[O-])c1)C1C2C(=O)N(c3ccc4c(c3)OCO4)C(=O)C2C2C=Cc3ccccc3N21. The van der Waals surface area contributed by atoms with E-state index < -0.39 is 46.4 Å². The normalized spacial score (nSPS) is 24.3. The third-order valence-corrected chi connectivity index (χ3v) is 7.64. The molecule has 7 rings (SSSR count). The predicted molar refractivity (Wildman–Crippen MR) is 135 cm³/mol. The molecule has 2 amide bonds. The van der Waals surface area contributed by atoms with E-state index in [1.165, 1.54) is 24.3 Å². The van der Waals surface area contributed by atoms with E-state index in [2.05, 4.69) is 0 Å². The molecule has 10 nitrogen and oxygen atoms in total. The van der Waals surface area contributed by atoms with Gasteiger partial charge in [-0.15, -0.1) is 0 Å². The molecule has 2 fully saturated rings. The molecule has 188 valence electrons. The molecule has 0 saturated carbocycles. The van der Waals surface area contributed by atoms with Crippen LogP contribution in [0.1, 0.15) is 15.9 Å². The Hall–Kier alpha value is -4.99. The van der Waals surface area contributed by atoms with Crippen molar-refractivity contribution in [3.05, 3.63) is 94.0 Å². The number of benzene rings is 3. The second-order valence-electron chi connectivity index (χ2n) is 9.53. The molecule has 4 atom stereocenters. The zero-order valence-corrected chi connectivity index (χ0v) is 19.7. The molecule has 0 spiro atoms. The molecule has 3 aromatic carbocycles. The summed E-state index contributed by atoms with van der Waals surface area (Å²) in [4.78, 5) is 55.7. The number of Topliss-reactive ketones (excluding diaryl/α,β-unsaturated/α-hetero) is 1. The van der Waals surface area contributed by atoms with Crippen LogP contribution in [0.4, 0.5) is 17.1 Å². The van der Waals surface area contributed by atoms with E-state index in [-0.39, 0.29) is 18.0 Å². The molecular weight excluding hydrogens is 490 g/mol. The monoisotopic (exact) mass is 509 g/mol. The van der Waals surface area contributed by atoms with E-state index >= 15 is 0 Å². The maximum absolute atomic E-state index is 14.1. The quantitative estimate of drug-likeness (QED) is 0.227. The molecule has 4 aliphatic heterocycles. The number of imide groups is 1. The van der Waals surface area contributed by atoms with Gasteiger partial charge in [0, 0.05) is 29.4 Å². The third-order valence-electron chi connectivity index (χ3n) is 7.64. The Kier molecular flexibility index (Phi) is 4.68. The molecule has 3 aromatic rings. The molecule has 38 heavy (non-hydrogen) atoms. The molecule has 0 aromatic heterocycles. The first-order valence-electron chi connectivity index (χ1n) is 12.1. The maximum atomic E-state index is 14.1. The van der Waals surface area contributed by atoms with E-state index in [9.17, 15) is 24.5 Å². The van der Waals surface area contributed by atoms with E-state index in [0.29, 0.717) is 17.2 Å². The fourth-order valence-corrected chi connectivity index (χ4v) is 6.04. The summed E-state index contributed by atoms with van der Waals surface area (Å²) in [5.41, 5.74) is 1.81. The average Bonchev–Trinajstić information content (AvgIpc) is 3.61. The number of para-hydroxylation sites is 1. The van der Waals surface area contributed by atoms with Crippen LogP contribution in [0.3, 0.4) is 0 Å². The fraction of sp³-hybridized carbons (Fsp3) is 0.179. The van der Waals surface area contributed by atoms with Crippen LogP contribution < -0.4 is 19.3 Å². The first kappa shape index (κ1) is 22.2. The summed E-state index contributed by atoms with van der Waals surface area (Å²) >= 11 is 0. The number of nitro benzene ring substituents is 1. The van der Waals surface area contributed by atoms with Crippen LogP contribution in [0.25, 0.3) is 6.08 Å². The van der Waals surface area contributed by atoms with Gasteiger partial charge >= 0.3 is 0 Å². The number of amides is 2. The van der Waals surface area contributed by atoms with Crippen molar-refractivity contribution in [2.45, 2.75) is 12.1 Å². The van der Waals surface area contributed by atoms with Crippen LogP contribution in [-0.2, 0) is 9.59 Å². The number of rotatable bonds is 4. The van der Waals surface area contributed by atoms with Gasteiger partial charge in [0.25, 0.3) is 5.69 Å². The highest BCUT2D eigenvalue weighted by Crippen LogP contribution is 2.50. The zero-order valence-electron chi connectivity index (χ0n) is 19.7. The standard InChI is InChI=1S/C28H19N3O7/c32-26(16-5-3-6-18(12-16)31(35)36)25-24-23(20-10-8-15-4-1-2-7-19(15)30(20)25)27(33)29(28(24)34)17-9-11-21-22(13-17)38-14-37-21/h1-13,20,23-25H,14H2. The van der Waals surface area contributed by atoms with Gasteiger partial charge < -0.3 is 14.4 Å². The average molecular weight is 509 g/mol. The molecule has 0 radical (unpaired) electrons. The minimum atomic E-state index is -1.03. The summed E-state index contributed by atoms with van der Waals surface area (Å²) in [6, 6.07) is 16.2. The number of hydrogen-bond donors (Lipinski definition) is 0.